The summed E-state index contributed by atoms with van der Waals surface area (Å²) in [6.45, 7) is 2.01. The van der Waals surface area contributed by atoms with Crippen LogP contribution in [-0.2, 0) is 0 Å². The largest absolute Gasteiger partial charge is 0.303 e. The molecule has 1 aliphatic heterocycles. The molecule has 1 nitrogen and oxygen atoms in total. The zero-order chi connectivity index (χ0) is 14.8. The molecule has 0 aliphatic carbocycles. The molecule has 0 bridgehead atoms. The topological polar surface area (TPSA) is 12.0 Å². The minimum absolute atomic E-state index is 0.0184. The molecule has 0 radical (unpaired) electrons. The zero-order valence-corrected chi connectivity index (χ0v) is 12.6. The fourth-order valence-electron chi connectivity index (χ4n) is 2.73. The van der Waals surface area contributed by atoms with Crippen LogP contribution >= 0.6 is 11.8 Å². The molecule has 1 aliphatic rings. The summed E-state index contributed by atoms with van der Waals surface area (Å²) >= 11 is 1.57. The van der Waals surface area contributed by atoms with E-state index in [4.69, 9.17) is 0 Å². The van der Waals surface area contributed by atoms with Gasteiger partial charge in [0.2, 0.25) is 0 Å². The second-order valence-corrected chi connectivity index (χ2v) is 6.40. The average Bonchev–Trinajstić information content (AvgIpc) is 2.48. The SMILES string of the molecule is C[C@@H](NC1CCSc2c(F)cccc21)c1cccc(F)c1. The number of benzene rings is 2. The average molecular weight is 305 g/mol. The highest BCUT2D eigenvalue weighted by Gasteiger charge is 2.24. The maximum Gasteiger partial charge on any atom is 0.137 e. The third-order valence-electron chi connectivity index (χ3n) is 3.83. The smallest absolute Gasteiger partial charge is 0.137 e. The Bertz CT molecular complexity index is 644. The molecule has 1 unspecified atom stereocenters. The molecule has 0 fully saturated rings. The van der Waals surface area contributed by atoms with Gasteiger partial charge < -0.3 is 5.32 Å². The Kier molecular flexibility index (Phi) is 4.27. The lowest BCUT2D eigenvalue weighted by Crippen LogP contribution is -2.27. The van der Waals surface area contributed by atoms with Crippen molar-refractivity contribution in [3.05, 3.63) is 65.2 Å². The summed E-state index contributed by atoms with van der Waals surface area (Å²) in [5.74, 6) is 0.510. The monoisotopic (exact) mass is 305 g/mol. The van der Waals surface area contributed by atoms with Crippen LogP contribution in [0.25, 0.3) is 0 Å². The Hall–Kier alpha value is -1.39. The van der Waals surface area contributed by atoms with Crippen LogP contribution in [0.2, 0.25) is 0 Å². The lowest BCUT2D eigenvalue weighted by Gasteiger charge is -2.29. The summed E-state index contributed by atoms with van der Waals surface area (Å²) in [5, 5.41) is 3.50. The van der Waals surface area contributed by atoms with Crippen molar-refractivity contribution >= 4 is 11.8 Å². The Morgan fingerprint density at radius 3 is 2.81 bits per heavy atom. The minimum atomic E-state index is -0.230. The zero-order valence-electron chi connectivity index (χ0n) is 11.8. The second kappa shape index (κ2) is 6.16. The maximum atomic E-state index is 13.9. The highest BCUT2D eigenvalue weighted by Crippen LogP contribution is 2.38. The molecule has 2 aromatic rings. The van der Waals surface area contributed by atoms with E-state index in [0.29, 0.717) is 0 Å². The van der Waals surface area contributed by atoms with Crippen molar-refractivity contribution in [1.82, 2.24) is 5.32 Å². The number of fused-ring (bicyclic) bond motifs is 1. The molecular weight excluding hydrogens is 288 g/mol. The first-order chi connectivity index (χ1) is 10.1. The quantitative estimate of drug-likeness (QED) is 0.869. The highest BCUT2D eigenvalue weighted by atomic mass is 32.2. The van der Waals surface area contributed by atoms with E-state index in [0.717, 1.165) is 28.2 Å². The van der Waals surface area contributed by atoms with Crippen LogP contribution in [0.15, 0.2) is 47.4 Å². The van der Waals surface area contributed by atoms with Crippen LogP contribution in [0.1, 0.15) is 36.6 Å². The minimum Gasteiger partial charge on any atom is -0.303 e. The molecule has 0 saturated heterocycles. The van der Waals surface area contributed by atoms with E-state index >= 15 is 0 Å². The van der Waals surface area contributed by atoms with Crippen LogP contribution in [0.5, 0.6) is 0 Å². The molecule has 4 heteroatoms. The first kappa shape index (κ1) is 14.5. The number of halogens is 2. The normalized spacial score (nSPS) is 19.1. The van der Waals surface area contributed by atoms with Gasteiger partial charge in [-0.2, -0.15) is 0 Å². The summed E-state index contributed by atoms with van der Waals surface area (Å²) in [6.07, 6.45) is 0.945. The fourth-order valence-corrected chi connectivity index (χ4v) is 3.87. The predicted octanol–water partition coefficient (Wildman–Crippen LogP) is 4.85. The standard InChI is InChI=1S/C17H17F2NS/c1-11(12-4-2-5-13(18)10-12)20-16-8-9-21-17-14(16)6-3-7-15(17)19/h2-7,10-11,16,20H,8-9H2,1H3/t11-,16?/m1/s1. The van der Waals surface area contributed by atoms with Gasteiger partial charge in [-0.3, -0.25) is 0 Å². The molecule has 21 heavy (non-hydrogen) atoms. The molecule has 110 valence electrons. The van der Waals surface area contributed by atoms with Crippen LogP contribution in [-0.4, -0.2) is 5.75 Å². The van der Waals surface area contributed by atoms with Crippen LogP contribution in [0.3, 0.4) is 0 Å². The van der Waals surface area contributed by atoms with Crippen LogP contribution in [0.4, 0.5) is 8.78 Å². The van der Waals surface area contributed by atoms with Crippen LogP contribution in [0, 0.1) is 11.6 Å². The molecule has 0 spiro atoms. The molecule has 0 saturated carbocycles. The van der Waals surface area contributed by atoms with Gasteiger partial charge in [-0.05, 0) is 48.4 Å². The number of hydrogen-bond acceptors (Lipinski definition) is 2. The van der Waals surface area contributed by atoms with E-state index < -0.39 is 0 Å². The van der Waals surface area contributed by atoms with Crippen molar-refractivity contribution in [1.29, 1.82) is 0 Å². The third kappa shape index (κ3) is 3.11. The number of thioether (sulfide) groups is 1. The van der Waals surface area contributed by atoms with Crippen LogP contribution < -0.4 is 5.32 Å². The number of rotatable bonds is 3. The second-order valence-electron chi connectivity index (χ2n) is 5.29. The van der Waals surface area contributed by atoms with Gasteiger partial charge in [0.1, 0.15) is 11.6 Å². The van der Waals surface area contributed by atoms with Gasteiger partial charge in [0.25, 0.3) is 0 Å². The van der Waals surface area contributed by atoms with Crippen molar-refractivity contribution in [2.75, 3.05) is 5.75 Å². The molecule has 2 aromatic carbocycles. The van der Waals surface area contributed by atoms with E-state index in [9.17, 15) is 8.78 Å². The van der Waals surface area contributed by atoms with E-state index in [2.05, 4.69) is 5.32 Å². The summed E-state index contributed by atoms with van der Waals surface area (Å²) < 4.78 is 27.2. The van der Waals surface area contributed by atoms with Crippen molar-refractivity contribution < 1.29 is 8.78 Å². The van der Waals surface area contributed by atoms with Gasteiger partial charge >= 0.3 is 0 Å². The molecule has 0 aromatic heterocycles. The Morgan fingerprint density at radius 2 is 2.00 bits per heavy atom. The van der Waals surface area contributed by atoms with Gasteiger partial charge in [-0.25, -0.2) is 8.78 Å². The van der Waals surface area contributed by atoms with Gasteiger partial charge in [-0.15, -0.1) is 11.8 Å². The van der Waals surface area contributed by atoms with E-state index in [1.807, 2.05) is 19.1 Å². The van der Waals surface area contributed by atoms with Gasteiger partial charge in [0.15, 0.2) is 0 Å². The summed E-state index contributed by atoms with van der Waals surface area (Å²) in [4.78, 5) is 0.743. The van der Waals surface area contributed by atoms with Gasteiger partial charge in [0, 0.05) is 17.0 Å². The van der Waals surface area contributed by atoms with Crippen molar-refractivity contribution in [2.45, 2.75) is 30.3 Å². The van der Waals surface area contributed by atoms with Gasteiger partial charge in [-0.1, -0.05) is 24.3 Å². The lowest BCUT2D eigenvalue weighted by atomic mass is 10.0. The lowest BCUT2D eigenvalue weighted by molar-refractivity contribution is 0.442. The molecule has 1 N–H and O–H groups in total. The highest BCUT2D eigenvalue weighted by molar-refractivity contribution is 7.99. The first-order valence-corrected chi connectivity index (χ1v) is 8.06. The predicted molar refractivity (Wildman–Crippen MR) is 82.4 cm³/mol. The van der Waals surface area contributed by atoms with Crippen molar-refractivity contribution in [2.24, 2.45) is 0 Å². The summed E-state index contributed by atoms with van der Waals surface area (Å²) in [7, 11) is 0. The molecule has 1 heterocycles. The Labute approximate surface area is 127 Å². The first-order valence-electron chi connectivity index (χ1n) is 7.08. The Balaban J connectivity index is 1.82. The van der Waals surface area contributed by atoms with Crippen molar-refractivity contribution in [3.63, 3.8) is 0 Å². The number of nitrogens with one attached hydrogen (secondary N) is 1. The molecule has 3 rings (SSSR count). The maximum absolute atomic E-state index is 13.9. The third-order valence-corrected chi connectivity index (χ3v) is 4.98. The molecule has 0 amide bonds. The summed E-state index contributed by atoms with van der Waals surface area (Å²) in [6, 6.07) is 12.0. The fraction of sp³-hybridized carbons (Fsp3) is 0.294. The molecule has 2 atom stereocenters. The van der Waals surface area contributed by atoms with E-state index in [-0.39, 0.29) is 23.7 Å². The number of hydrogen-bond donors (Lipinski definition) is 1. The Morgan fingerprint density at radius 1 is 1.19 bits per heavy atom. The van der Waals surface area contributed by atoms with Gasteiger partial charge in [0.05, 0.1) is 0 Å². The van der Waals surface area contributed by atoms with E-state index in [1.165, 1.54) is 12.1 Å². The van der Waals surface area contributed by atoms with Crippen molar-refractivity contribution in [3.8, 4) is 0 Å². The van der Waals surface area contributed by atoms with E-state index in [1.54, 1.807) is 30.0 Å². The molecular formula is C17H17F2NS. The summed E-state index contributed by atoms with van der Waals surface area (Å²) in [5.41, 5.74) is 1.92.